The molecule has 0 saturated carbocycles. The Hall–Kier alpha value is -1.84. The van der Waals surface area contributed by atoms with Gasteiger partial charge in [-0.05, 0) is 30.0 Å². The molecule has 0 radical (unpaired) electrons. The van der Waals surface area contributed by atoms with Crippen LogP contribution < -0.4 is 4.74 Å². The van der Waals surface area contributed by atoms with E-state index in [0.29, 0.717) is 5.75 Å². The van der Waals surface area contributed by atoms with E-state index in [-0.39, 0.29) is 6.42 Å². The zero-order valence-electron chi connectivity index (χ0n) is 10.5. The lowest BCUT2D eigenvalue weighted by Gasteiger charge is -2.12. The largest absolute Gasteiger partial charge is 0.439 e. The van der Waals surface area contributed by atoms with E-state index in [2.05, 4.69) is 12.1 Å². The van der Waals surface area contributed by atoms with Crippen LogP contribution in [0.2, 0.25) is 0 Å². The molecule has 0 unspecified atom stereocenters. The molecule has 0 bridgehead atoms. The monoisotopic (exact) mass is 256 g/mol. The molecule has 1 aliphatic heterocycles. The fraction of sp³-hybridized carbons (Fsp3) is 0.250. The number of aliphatic hydroxyl groups is 2. The smallest absolute Gasteiger partial charge is 0.326 e. The summed E-state index contributed by atoms with van der Waals surface area (Å²) in [7, 11) is 0. The summed E-state index contributed by atoms with van der Waals surface area (Å²) in [6.07, 6.45) is 1.93. The molecule has 0 spiro atoms. The maximum atomic E-state index is 9.56. The number of rotatable bonds is 3. The first-order valence-corrected chi connectivity index (χ1v) is 6.42. The molecule has 1 aliphatic rings. The molecule has 3 rings (SSSR count). The molecule has 3 nitrogen and oxygen atoms in total. The lowest BCUT2D eigenvalue weighted by atomic mass is 9.98. The zero-order chi connectivity index (χ0) is 13.3. The second-order valence-electron chi connectivity index (χ2n) is 4.90. The first-order valence-electron chi connectivity index (χ1n) is 6.42. The van der Waals surface area contributed by atoms with Crippen LogP contribution in [0.3, 0.4) is 0 Å². The highest BCUT2D eigenvalue weighted by Crippen LogP contribution is 2.35. The Kier molecular flexibility index (Phi) is 3.01. The number of hydrogen-bond acceptors (Lipinski definition) is 3. The van der Waals surface area contributed by atoms with Crippen LogP contribution >= 0.6 is 0 Å². The quantitative estimate of drug-likeness (QED) is 0.826. The van der Waals surface area contributed by atoms with Crippen LogP contribution in [0.5, 0.6) is 5.75 Å². The van der Waals surface area contributed by atoms with Crippen molar-refractivity contribution in [1.82, 2.24) is 0 Å². The molecule has 0 amide bonds. The number of ether oxygens (including phenoxy) is 1. The van der Waals surface area contributed by atoms with E-state index in [4.69, 9.17) is 4.74 Å². The minimum atomic E-state index is -2.05. The van der Waals surface area contributed by atoms with Gasteiger partial charge in [-0.2, -0.15) is 0 Å². The maximum absolute atomic E-state index is 9.56. The third-order valence-electron chi connectivity index (χ3n) is 3.44. The molecule has 2 aromatic rings. The third-order valence-corrected chi connectivity index (χ3v) is 3.44. The van der Waals surface area contributed by atoms with Gasteiger partial charge < -0.3 is 14.9 Å². The second-order valence-corrected chi connectivity index (χ2v) is 4.90. The molecular formula is C16H16O3. The SMILES string of the molecule is OC1(O)Cc2c(CCc3ccccc3)cccc2O1. The van der Waals surface area contributed by atoms with Crippen molar-refractivity contribution in [2.24, 2.45) is 0 Å². The predicted molar refractivity (Wildman–Crippen MR) is 71.8 cm³/mol. The first-order chi connectivity index (χ1) is 9.14. The van der Waals surface area contributed by atoms with Gasteiger partial charge in [-0.15, -0.1) is 0 Å². The second kappa shape index (κ2) is 4.68. The van der Waals surface area contributed by atoms with Gasteiger partial charge >= 0.3 is 5.97 Å². The first kappa shape index (κ1) is 12.2. The van der Waals surface area contributed by atoms with E-state index in [1.807, 2.05) is 30.3 Å². The standard InChI is InChI=1S/C16H16O3/c17-16(18)11-14-13(7-4-8-15(14)19-16)10-9-12-5-2-1-3-6-12/h1-8,17-18H,9-11H2. The molecule has 2 aromatic carbocycles. The third kappa shape index (κ3) is 2.62. The number of fused-ring (bicyclic) bond motifs is 1. The van der Waals surface area contributed by atoms with E-state index < -0.39 is 5.97 Å². The van der Waals surface area contributed by atoms with Gasteiger partial charge in [-0.3, -0.25) is 0 Å². The van der Waals surface area contributed by atoms with Gasteiger partial charge in [0.05, 0.1) is 6.42 Å². The van der Waals surface area contributed by atoms with Crippen LogP contribution in [0, 0.1) is 0 Å². The van der Waals surface area contributed by atoms with Crippen LogP contribution in [0.25, 0.3) is 0 Å². The molecule has 0 atom stereocenters. The molecule has 0 saturated heterocycles. The van der Waals surface area contributed by atoms with Crippen molar-refractivity contribution in [3.8, 4) is 5.75 Å². The van der Waals surface area contributed by atoms with Gasteiger partial charge in [-0.25, -0.2) is 0 Å². The Morgan fingerprint density at radius 3 is 2.53 bits per heavy atom. The highest BCUT2D eigenvalue weighted by Gasteiger charge is 2.36. The van der Waals surface area contributed by atoms with Crippen LogP contribution in [0.15, 0.2) is 48.5 Å². The van der Waals surface area contributed by atoms with Gasteiger partial charge in [0.2, 0.25) is 0 Å². The van der Waals surface area contributed by atoms with Gasteiger partial charge in [-0.1, -0.05) is 42.5 Å². The topological polar surface area (TPSA) is 49.7 Å². The molecule has 0 aliphatic carbocycles. The number of hydrogen-bond donors (Lipinski definition) is 2. The van der Waals surface area contributed by atoms with E-state index >= 15 is 0 Å². The molecular weight excluding hydrogens is 240 g/mol. The Balaban J connectivity index is 1.79. The fourth-order valence-electron chi connectivity index (χ4n) is 2.51. The highest BCUT2D eigenvalue weighted by molar-refractivity contribution is 5.44. The summed E-state index contributed by atoms with van der Waals surface area (Å²) in [5.74, 6) is -1.47. The van der Waals surface area contributed by atoms with E-state index in [1.165, 1.54) is 5.56 Å². The lowest BCUT2D eigenvalue weighted by molar-refractivity contribution is -0.279. The van der Waals surface area contributed by atoms with Crippen molar-refractivity contribution in [2.75, 3.05) is 0 Å². The van der Waals surface area contributed by atoms with Crippen LogP contribution in [0.4, 0.5) is 0 Å². The highest BCUT2D eigenvalue weighted by atomic mass is 16.8. The van der Waals surface area contributed by atoms with E-state index in [9.17, 15) is 10.2 Å². The predicted octanol–water partition coefficient (Wildman–Crippen LogP) is 2.05. The molecule has 1 heterocycles. The summed E-state index contributed by atoms with van der Waals surface area (Å²) in [4.78, 5) is 0. The average molecular weight is 256 g/mol. The van der Waals surface area contributed by atoms with Crippen molar-refractivity contribution in [2.45, 2.75) is 25.2 Å². The van der Waals surface area contributed by atoms with E-state index in [1.54, 1.807) is 6.07 Å². The van der Waals surface area contributed by atoms with Gasteiger partial charge in [0.15, 0.2) is 0 Å². The minimum Gasteiger partial charge on any atom is -0.439 e. The lowest BCUT2D eigenvalue weighted by Crippen LogP contribution is -2.32. The summed E-state index contributed by atoms with van der Waals surface area (Å²) < 4.78 is 5.10. The van der Waals surface area contributed by atoms with Crippen LogP contribution in [0.1, 0.15) is 16.7 Å². The van der Waals surface area contributed by atoms with Crippen LogP contribution in [-0.4, -0.2) is 16.2 Å². The Morgan fingerprint density at radius 2 is 1.74 bits per heavy atom. The summed E-state index contributed by atoms with van der Waals surface area (Å²) in [5.41, 5.74) is 3.30. The number of aryl methyl sites for hydroxylation is 2. The molecule has 2 N–H and O–H groups in total. The molecule has 19 heavy (non-hydrogen) atoms. The van der Waals surface area contributed by atoms with E-state index in [0.717, 1.165) is 24.0 Å². The van der Waals surface area contributed by atoms with Crippen molar-refractivity contribution < 1.29 is 14.9 Å². The molecule has 3 heteroatoms. The summed E-state index contributed by atoms with van der Waals surface area (Å²) in [6, 6.07) is 15.9. The minimum absolute atomic E-state index is 0.132. The summed E-state index contributed by atoms with van der Waals surface area (Å²) in [6.45, 7) is 0. The van der Waals surface area contributed by atoms with Gasteiger partial charge in [0.1, 0.15) is 5.75 Å². The zero-order valence-corrected chi connectivity index (χ0v) is 10.5. The summed E-state index contributed by atoms with van der Waals surface area (Å²) in [5, 5.41) is 19.1. The molecule has 0 fully saturated rings. The summed E-state index contributed by atoms with van der Waals surface area (Å²) >= 11 is 0. The fourth-order valence-corrected chi connectivity index (χ4v) is 2.51. The van der Waals surface area contributed by atoms with Gasteiger partial charge in [0, 0.05) is 5.56 Å². The Labute approximate surface area is 112 Å². The van der Waals surface area contributed by atoms with Gasteiger partial charge in [0.25, 0.3) is 0 Å². The maximum Gasteiger partial charge on any atom is 0.326 e. The Bertz CT molecular complexity index is 576. The molecule has 0 aromatic heterocycles. The van der Waals surface area contributed by atoms with Crippen molar-refractivity contribution in [3.05, 3.63) is 65.2 Å². The average Bonchev–Trinajstić information content (AvgIpc) is 2.72. The Morgan fingerprint density at radius 1 is 0.947 bits per heavy atom. The van der Waals surface area contributed by atoms with Crippen molar-refractivity contribution in [3.63, 3.8) is 0 Å². The number of benzene rings is 2. The molecule has 98 valence electrons. The normalized spacial score (nSPS) is 15.9. The van der Waals surface area contributed by atoms with Crippen molar-refractivity contribution >= 4 is 0 Å². The van der Waals surface area contributed by atoms with Crippen molar-refractivity contribution in [1.29, 1.82) is 0 Å². The van der Waals surface area contributed by atoms with Crippen LogP contribution in [-0.2, 0) is 19.3 Å².